The van der Waals surface area contributed by atoms with Crippen LogP contribution in [0.25, 0.3) is 0 Å². The predicted molar refractivity (Wildman–Crippen MR) is 123 cm³/mol. The van der Waals surface area contributed by atoms with Crippen molar-refractivity contribution in [3.8, 4) is 0 Å². The molecule has 1 aromatic carbocycles. The van der Waals surface area contributed by atoms with Crippen molar-refractivity contribution >= 4 is 28.8 Å². The van der Waals surface area contributed by atoms with Crippen LogP contribution in [0.3, 0.4) is 0 Å². The second-order valence-corrected chi connectivity index (χ2v) is 9.13. The monoisotopic (exact) mass is 428 g/mol. The van der Waals surface area contributed by atoms with Crippen molar-refractivity contribution in [2.75, 3.05) is 51.6 Å². The highest BCUT2D eigenvalue weighted by Crippen LogP contribution is 2.18. The normalized spacial score (nSPS) is 15.2. The van der Waals surface area contributed by atoms with E-state index in [1.165, 1.54) is 16.0 Å². The molecule has 2 aromatic rings. The first-order chi connectivity index (χ1) is 14.3. The number of nitrogens with one attached hydrogen (secondary N) is 1. The number of benzene rings is 1. The Balaban J connectivity index is 1.41. The highest BCUT2D eigenvalue weighted by Gasteiger charge is 2.22. The van der Waals surface area contributed by atoms with Gasteiger partial charge in [0.25, 0.3) is 0 Å². The molecule has 0 aliphatic carbocycles. The average Bonchev–Trinajstić information content (AvgIpc) is 3.11. The summed E-state index contributed by atoms with van der Waals surface area (Å²) in [6.45, 7) is 10.8. The predicted octanol–water partition coefficient (Wildman–Crippen LogP) is 2.89. The average molecular weight is 429 g/mol. The standard InChI is InChI=1S/C23H32N4O2S/c1-17-6-5-7-20(19(17)3)24-22(28)15-26-9-11-27(12-10-26)16-23(29)25(4)14-21-18(2)8-13-30-21/h5-8,13H,9-12,14-16H2,1-4H3,(H,24,28). The van der Waals surface area contributed by atoms with Crippen LogP contribution >= 0.6 is 11.3 Å². The van der Waals surface area contributed by atoms with Gasteiger partial charge in [0.2, 0.25) is 11.8 Å². The molecule has 0 atom stereocenters. The molecular formula is C23H32N4O2S. The Bertz CT molecular complexity index is 887. The molecule has 1 aliphatic heterocycles. The molecule has 2 amide bonds. The SMILES string of the molecule is Cc1ccsc1CN(C)C(=O)CN1CCN(CC(=O)Nc2cccc(C)c2C)CC1. The molecule has 0 radical (unpaired) electrons. The largest absolute Gasteiger partial charge is 0.339 e. The maximum Gasteiger partial charge on any atom is 0.238 e. The first kappa shape index (κ1) is 22.5. The number of anilines is 1. The number of amides is 2. The molecular weight excluding hydrogens is 396 g/mol. The minimum atomic E-state index is 0.0132. The third kappa shape index (κ3) is 5.90. The summed E-state index contributed by atoms with van der Waals surface area (Å²) in [5, 5.41) is 5.10. The van der Waals surface area contributed by atoms with Crippen LogP contribution in [0.4, 0.5) is 5.69 Å². The zero-order chi connectivity index (χ0) is 21.7. The molecule has 1 N–H and O–H groups in total. The van der Waals surface area contributed by atoms with Gasteiger partial charge in [-0.15, -0.1) is 11.3 Å². The fourth-order valence-corrected chi connectivity index (χ4v) is 4.53. The van der Waals surface area contributed by atoms with Gasteiger partial charge in [0.15, 0.2) is 0 Å². The number of piperazine rings is 1. The summed E-state index contributed by atoms with van der Waals surface area (Å²) in [5.41, 5.74) is 4.40. The third-order valence-electron chi connectivity index (χ3n) is 5.84. The van der Waals surface area contributed by atoms with E-state index in [-0.39, 0.29) is 11.8 Å². The van der Waals surface area contributed by atoms with E-state index in [4.69, 9.17) is 0 Å². The molecule has 3 rings (SSSR count). The molecule has 1 aliphatic rings. The van der Waals surface area contributed by atoms with Crippen molar-refractivity contribution in [3.63, 3.8) is 0 Å². The Morgan fingerprint density at radius 1 is 1.00 bits per heavy atom. The summed E-state index contributed by atoms with van der Waals surface area (Å²) < 4.78 is 0. The third-order valence-corrected chi connectivity index (χ3v) is 6.85. The Hall–Kier alpha value is -2.22. The first-order valence-corrected chi connectivity index (χ1v) is 11.3. The zero-order valence-electron chi connectivity index (χ0n) is 18.4. The van der Waals surface area contributed by atoms with Gasteiger partial charge in [-0.25, -0.2) is 0 Å². The van der Waals surface area contributed by atoms with Gasteiger partial charge in [-0.1, -0.05) is 12.1 Å². The van der Waals surface area contributed by atoms with Gasteiger partial charge in [-0.2, -0.15) is 0 Å². The maximum absolute atomic E-state index is 12.6. The van der Waals surface area contributed by atoms with E-state index in [9.17, 15) is 9.59 Å². The lowest BCUT2D eigenvalue weighted by Crippen LogP contribution is -2.51. The molecule has 7 heteroatoms. The number of likely N-dealkylation sites (N-methyl/N-ethyl adjacent to an activating group) is 1. The van der Waals surface area contributed by atoms with Crippen LogP contribution in [0.2, 0.25) is 0 Å². The number of hydrogen-bond donors (Lipinski definition) is 1. The van der Waals surface area contributed by atoms with Crippen LogP contribution in [0.1, 0.15) is 21.6 Å². The Morgan fingerprint density at radius 3 is 2.30 bits per heavy atom. The molecule has 30 heavy (non-hydrogen) atoms. The van der Waals surface area contributed by atoms with Crippen LogP contribution in [0, 0.1) is 20.8 Å². The summed E-state index contributed by atoms with van der Waals surface area (Å²) in [7, 11) is 1.87. The lowest BCUT2D eigenvalue weighted by atomic mass is 10.1. The highest BCUT2D eigenvalue weighted by atomic mass is 32.1. The van der Waals surface area contributed by atoms with E-state index in [0.29, 0.717) is 19.6 Å². The van der Waals surface area contributed by atoms with Crippen molar-refractivity contribution in [2.45, 2.75) is 27.3 Å². The number of aryl methyl sites for hydroxylation is 2. The number of carbonyl (C=O) groups excluding carboxylic acids is 2. The van der Waals surface area contributed by atoms with E-state index in [1.54, 1.807) is 11.3 Å². The molecule has 1 saturated heterocycles. The quantitative estimate of drug-likeness (QED) is 0.737. The minimum Gasteiger partial charge on any atom is -0.339 e. The van der Waals surface area contributed by atoms with Gasteiger partial charge >= 0.3 is 0 Å². The molecule has 2 heterocycles. The molecule has 1 fully saturated rings. The highest BCUT2D eigenvalue weighted by molar-refractivity contribution is 7.10. The Kier molecular flexibility index (Phi) is 7.64. The van der Waals surface area contributed by atoms with Crippen molar-refractivity contribution < 1.29 is 9.59 Å². The zero-order valence-corrected chi connectivity index (χ0v) is 19.2. The minimum absolute atomic E-state index is 0.0132. The van der Waals surface area contributed by atoms with Gasteiger partial charge in [0.1, 0.15) is 0 Å². The van der Waals surface area contributed by atoms with Crippen molar-refractivity contribution in [3.05, 3.63) is 51.2 Å². The summed E-state index contributed by atoms with van der Waals surface area (Å²) in [6.07, 6.45) is 0. The van der Waals surface area contributed by atoms with Crippen LogP contribution < -0.4 is 5.32 Å². The van der Waals surface area contributed by atoms with Gasteiger partial charge in [0.05, 0.1) is 19.6 Å². The van der Waals surface area contributed by atoms with Crippen LogP contribution in [-0.4, -0.2) is 72.8 Å². The lowest BCUT2D eigenvalue weighted by molar-refractivity contribution is -0.132. The second-order valence-electron chi connectivity index (χ2n) is 8.12. The van der Waals surface area contributed by atoms with E-state index in [0.717, 1.165) is 37.4 Å². The van der Waals surface area contributed by atoms with Crippen LogP contribution in [-0.2, 0) is 16.1 Å². The molecule has 1 aromatic heterocycles. The molecule has 0 spiro atoms. The molecule has 0 bridgehead atoms. The molecule has 162 valence electrons. The number of thiophene rings is 1. The van der Waals surface area contributed by atoms with Gasteiger partial charge in [-0.3, -0.25) is 19.4 Å². The fourth-order valence-electron chi connectivity index (χ4n) is 3.57. The number of rotatable bonds is 7. The number of nitrogens with zero attached hydrogens (tertiary/aromatic N) is 3. The fraction of sp³-hybridized carbons (Fsp3) is 0.478. The van der Waals surface area contributed by atoms with Crippen molar-refractivity contribution in [1.29, 1.82) is 0 Å². The summed E-state index contributed by atoms with van der Waals surface area (Å²) in [4.78, 5) is 32.4. The molecule has 6 nitrogen and oxygen atoms in total. The van der Waals surface area contributed by atoms with Crippen LogP contribution in [0.5, 0.6) is 0 Å². The topological polar surface area (TPSA) is 55.9 Å². The van der Waals surface area contributed by atoms with Gasteiger partial charge in [-0.05, 0) is 55.0 Å². The Morgan fingerprint density at radius 2 is 1.67 bits per heavy atom. The molecule has 0 unspecified atom stereocenters. The number of carbonyl (C=O) groups is 2. The summed E-state index contributed by atoms with van der Waals surface area (Å²) in [6, 6.07) is 8.04. The van der Waals surface area contributed by atoms with Gasteiger partial charge < -0.3 is 10.2 Å². The van der Waals surface area contributed by atoms with Crippen molar-refractivity contribution in [1.82, 2.24) is 14.7 Å². The Labute approximate surface area is 183 Å². The molecule has 0 saturated carbocycles. The summed E-state index contributed by atoms with van der Waals surface area (Å²) >= 11 is 1.70. The summed E-state index contributed by atoms with van der Waals surface area (Å²) in [5.74, 6) is 0.156. The maximum atomic E-state index is 12.6. The van der Waals surface area contributed by atoms with E-state index in [2.05, 4.69) is 33.5 Å². The smallest absolute Gasteiger partial charge is 0.238 e. The van der Waals surface area contributed by atoms with Crippen molar-refractivity contribution in [2.24, 2.45) is 0 Å². The van der Waals surface area contributed by atoms with E-state index >= 15 is 0 Å². The first-order valence-electron chi connectivity index (χ1n) is 10.4. The second kappa shape index (κ2) is 10.2. The lowest BCUT2D eigenvalue weighted by Gasteiger charge is -2.34. The number of hydrogen-bond acceptors (Lipinski definition) is 5. The van der Waals surface area contributed by atoms with Gasteiger partial charge in [0, 0.05) is 43.8 Å². The van der Waals surface area contributed by atoms with E-state index in [1.807, 2.05) is 44.0 Å². The van der Waals surface area contributed by atoms with E-state index < -0.39 is 0 Å². The van der Waals surface area contributed by atoms with Crippen LogP contribution in [0.15, 0.2) is 29.6 Å².